The van der Waals surface area contributed by atoms with E-state index < -0.39 is 0 Å². The summed E-state index contributed by atoms with van der Waals surface area (Å²) < 4.78 is 2.48. The Labute approximate surface area is 127 Å². The molecular weight excluding hydrogens is 342 g/mol. The Bertz CT molecular complexity index is 865. The second kappa shape index (κ2) is 4.78. The lowest BCUT2D eigenvalue weighted by atomic mass is 10.2. The van der Waals surface area contributed by atoms with Crippen LogP contribution in [0.1, 0.15) is 5.56 Å². The van der Waals surface area contributed by atoms with Crippen LogP contribution in [0.15, 0.2) is 34.9 Å². The Hall–Kier alpha value is -2.10. The predicted octanol–water partition coefficient (Wildman–Crippen LogP) is 3.29. The van der Waals surface area contributed by atoms with Gasteiger partial charge in [0.25, 0.3) is 0 Å². The number of nitrogens with two attached hydrogens (primary N) is 1. The maximum atomic E-state index is 8.87. The number of pyridine rings is 1. The first kappa shape index (κ1) is 12.9. The normalized spacial score (nSPS) is 10.7. The fraction of sp³-hybridized carbons (Fsp3) is 0. The molecule has 0 radical (unpaired) electrons. The first-order valence-electron chi connectivity index (χ1n) is 5.59. The maximum Gasteiger partial charge on any atom is 0.207 e. The zero-order chi connectivity index (χ0) is 14.3. The van der Waals surface area contributed by atoms with Gasteiger partial charge in [0, 0.05) is 10.7 Å². The molecule has 0 spiro atoms. The third-order valence-corrected chi connectivity index (χ3v) is 3.54. The molecular formula is C13H7BrClN5. The largest absolute Gasteiger partial charge is 0.369 e. The van der Waals surface area contributed by atoms with Gasteiger partial charge in [0.05, 0.1) is 22.3 Å². The van der Waals surface area contributed by atoms with Crippen molar-refractivity contribution in [2.24, 2.45) is 0 Å². The van der Waals surface area contributed by atoms with Crippen molar-refractivity contribution in [2.75, 3.05) is 5.73 Å². The molecule has 1 aromatic carbocycles. The van der Waals surface area contributed by atoms with Crippen LogP contribution >= 0.6 is 27.5 Å². The van der Waals surface area contributed by atoms with E-state index in [0.717, 1.165) is 4.47 Å². The number of imidazole rings is 1. The van der Waals surface area contributed by atoms with E-state index in [1.165, 1.54) is 0 Å². The van der Waals surface area contributed by atoms with E-state index in [2.05, 4.69) is 25.9 Å². The summed E-state index contributed by atoms with van der Waals surface area (Å²) >= 11 is 9.55. The summed E-state index contributed by atoms with van der Waals surface area (Å²) in [5.74, 6) is 0.289. The third-order valence-electron chi connectivity index (χ3n) is 2.81. The van der Waals surface area contributed by atoms with Gasteiger partial charge < -0.3 is 5.73 Å². The minimum absolute atomic E-state index is 0.289. The topological polar surface area (TPSA) is 80.5 Å². The highest BCUT2D eigenvalue weighted by Gasteiger charge is 2.14. The molecule has 0 saturated heterocycles. The van der Waals surface area contributed by atoms with Crippen LogP contribution in [0.25, 0.3) is 16.9 Å². The molecule has 0 aliphatic carbocycles. The van der Waals surface area contributed by atoms with E-state index in [-0.39, 0.29) is 5.95 Å². The zero-order valence-electron chi connectivity index (χ0n) is 10.0. The fourth-order valence-electron chi connectivity index (χ4n) is 1.95. The lowest BCUT2D eigenvalue weighted by molar-refractivity contribution is 1.08. The van der Waals surface area contributed by atoms with Crippen molar-refractivity contribution in [3.63, 3.8) is 0 Å². The van der Waals surface area contributed by atoms with Gasteiger partial charge in [-0.15, -0.1) is 0 Å². The number of aromatic nitrogens is 3. The number of benzene rings is 1. The van der Waals surface area contributed by atoms with Crippen LogP contribution in [-0.4, -0.2) is 14.5 Å². The number of nitrogens with zero attached hydrogens (tertiary/aromatic N) is 4. The van der Waals surface area contributed by atoms with Crippen molar-refractivity contribution >= 4 is 44.6 Å². The van der Waals surface area contributed by atoms with Crippen molar-refractivity contribution < 1.29 is 0 Å². The van der Waals surface area contributed by atoms with Crippen LogP contribution in [0.4, 0.5) is 5.95 Å². The van der Waals surface area contributed by atoms with Gasteiger partial charge in [-0.05, 0) is 40.2 Å². The molecule has 0 aliphatic rings. The first-order chi connectivity index (χ1) is 9.60. The van der Waals surface area contributed by atoms with Gasteiger partial charge in [-0.3, -0.25) is 4.57 Å². The Morgan fingerprint density at radius 3 is 2.85 bits per heavy atom. The second-order valence-electron chi connectivity index (χ2n) is 4.08. The van der Waals surface area contributed by atoms with Crippen LogP contribution < -0.4 is 5.73 Å². The summed E-state index contributed by atoms with van der Waals surface area (Å²) in [7, 11) is 0. The molecule has 98 valence electrons. The van der Waals surface area contributed by atoms with Gasteiger partial charge >= 0.3 is 0 Å². The monoisotopic (exact) mass is 347 g/mol. The van der Waals surface area contributed by atoms with E-state index in [1.54, 1.807) is 29.0 Å². The van der Waals surface area contributed by atoms with Crippen molar-refractivity contribution in [3.8, 4) is 11.8 Å². The van der Waals surface area contributed by atoms with Crippen LogP contribution in [0.5, 0.6) is 0 Å². The molecule has 0 bridgehead atoms. The molecule has 3 aromatic rings. The van der Waals surface area contributed by atoms with Crippen LogP contribution in [-0.2, 0) is 0 Å². The number of anilines is 1. The van der Waals surface area contributed by atoms with Gasteiger partial charge in [0.1, 0.15) is 5.52 Å². The van der Waals surface area contributed by atoms with Crippen molar-refractivity contribution in [3.05, 3.63) is 45.5 Å². The highest BCUT2D eigenvalue weighted by molar-refractivity contribution is 9.10. The van der Waals surface area contributed by atoms with Crippen LogP contribution in [0, 0.1) is 11.3 Å². The van der Waals surface area contributed by atoms with E-state index >= 15 is 0 Å². The Morgan fingerprint density at radius 1 is 1.35 bits per heavy atom. The van der Waals surface area contributed by atoms with Crippen molar-refractivity contribution in [2.45, 2.75) is 0 Å². The van der Waals surface area contributed by atoms with Gasteiger partial charge in [-0.1, -0.05) is 11.6 Å². The molecule has 2 N–H and O–H groups in total. The molecule has 0 aliphatic heterocycles. The smallest absolute Gasteiger partial charge is 0.207 e. The average Bonchev–Trinajstić information content (AvgIpc) is 2.73. The van der Waals surface area contributed by atoms with E-state index in [1.807, 2.05) is 12.1 Å². The summed E-state index contributed by atoms with van der Waals surface area (Å²) in [4.78, 5) is 8.57. The van der Waals surface area contributed by atoms with E-state index in [9.17, 15) is 0 Å². The Morgan fingerprint density at radius 2 is 2.15 bits per heavy atom. The van der Waals surface area contributed by atoms with Gasteiger partial charge in [0.15, 0.2) is 5.65 Å². The molecule has 0 unspecified atom stereocenters. The van der Waals surface area contributed by atoms with Crippen LogP contribution in [0.2, 0.25) is 5.02 Å². The molecule has 2 aromatic heterocycles. The Kier molecular flexibility index (Phi) is 3.08. The molecule has 0 fully saturated rings. The van der Waals surface area contributed by atoms with E-state index in [4.69, 9.17) is 22.6 Å². The summed E-state index contributed by atoms with van der Waals surface area (Å²) in [6.07, 6.45) is 1.66. The highest BCUT2D eigenvalue weighted by Crippen LogP contribution is 2.28. The minimum Gasteiger partial charge on any atom is -0.369 e. The lowest BCUT2D eigenvalue weighted by Gasteiger charge is -2.08. The molecule has 0 amide bonds. The minimum atomic E-state index is 0.289. The number of hydrogen-bond donors (Lipinski definition) is 1. The second-order valence-corrected chi connectivity index (χ2v) is 5.40. The van der Waals surface area contributed by atoms with Gasteiger partial charge in [-0.2, -0.15) is 5.26 Å². The molecule has 2 heterocycles. The zero-order valence-corrected chi connectivity index (χ0v) is 12.4. The third kappa shape index (κ3) is 2.01. The fourth-order valence-corrected chi connectivity index (χ4v) is 2.54. The Balaban J connectivity index is 2.30. The standard InChI is InChI=1S/C13H7BrClN5/c14-8-4-10-12(18-6-8)20(13(17)19-10)11-2-1-7(5-16)3-9(11)15/h1-4,6H,(H2,17,19). The highest BCUT2D eigenvalue weighted by atomic mass is 79.9. The predicted molar refractivity (Wildman–Crippen MR) is 80.7 cm³/mol. The number of fused-ring (bicyclic) bond motifs is 1. The number of hydrogen-bond acceptors (Lipinski definition) is 4. The summed E-state index contributed by atoms with van der Waals surface area (Å²) in [6.45, 7) is 0. The first-order valence-corrected chi connectivity index (χ1v) is 6.77. The average molecular weight is 349 g/mol. The number of rotatable bonds is 1. The molecule has 0 saturated carbocycles. The molecule has 20 heavy (non-hydrogen) atoms. The molecule has 7 heteroatoms. The molecule has 3 rings (SSSR count). The summed E-state index contributed by atoms with van der Waals surface area (Å²) in [6, 6.07) is 8.84. The maximum absolute atomic E-state index is 8.87. The summed E-state index contributed by atoms with van der Waals surface area (Å²) in [5.41, 5.74) is 8.34. The number of nitriles is 1. The lowest BCUT2D eigenvalue weighted by Crippen LogP contribution is -2.02. The molecule has 5 nitrogen and oxygen atoms in total. The van der Waals surface area contributed by atoms with Gasteiger partial charge in [-0.25, -0.2) is 9.97 Å². The SMILES string of the molecule is N#Cc1ccc(-n2c(N)nc3cc(Br)cnc32)c(Cl)c1. The van der Waals surface area contributed by atoms with Gasteiger partial charge in [0.2, 0.25) is 5.95 Å². The van der Waals surface area contributed by atoms with Crippen molar-refractivity contribution in [1.29, 1.82) is 5.26 Å². The van der Waals surface area contributed by atoms with Crippen LogP contribution in [0.3, 0.4) is 0 Å². The molecule has 0 atom stereocenters. The quantitative estimate of drug-likeness (QED) is 0.731. The van der Waals surface area contributed by atoms with Crippen molar-refractivity contribution in [1.82, 2.24) is 14.5 Å². The number of halogens is 2. The summed E-state index contributed by atoms with van der Waals surface area (Å²) in [5, 5.41) is 9.29. The number of nitrogen functional groups attached to an aromatic ring is 1. The van der Waals surface area contributed by atoms with E-state index in [0.29, 0.717) is 27.4 Å².